The van der Waals surface area contributed by atoms with Gasteiger partial charge in [0.25, 0.3) is 0 Å². The molecule has 0 saturated carbocycles. The van der Waals surface area contributed by atoms with Crippen molar-refractivity contribution in [3.63, 3.8) is 0 Å². The number of nitrogens with one attached hydrogen (secondary N) is 2. The molecule has 7 heteroatoms. The summed E-state index contributed by atoms with van der Waals surface area (Å²) in [5, 5.41) is 5.32. The summed E-state index contributed by atoms with van der Waals surface area (Å²) in [4.78, 5) is 12.0. The smallest absolute Gasteiger partial charge is 0.314 e. The van der Waals surface area contributed by atoms with Gasteiger partial charge in [-0.3, -0.25) is 0 Å². The van der Waals surface area contributed by atoms with Crippen LogP contribution in [0.4, 0.5) is 4.79 Å². The Hall–Kier alpha value is -2.54. The first-order chi connectivity index (χ1) is 12.5. The lowest BCUT2D eigenvalue weighted by Gasteiger charge is -2.09. The number of hydrogen-bond acceptors (Lipinski definition) is 4. The summed E-state index contributed by atoms with van der Waals surface area (Å²) in [6, 6.07) is 15.6. The molecule has 0 aliphatic carbocycles. The van der Waals surface area contributed by atoms with Gasteiger partial charge in [-0.05, 0) is 43.2 Å². The van der Waals surface area contributed by atoms with Gasteiger partial charge in [0, 0.05) is 6.54 Å². The van der Waals surface area contributed by atoms with Crippen LogP contribution in [-0.4, -0.2) is 39.9 Å². The van der Waals surface area contributed by atoms with Crippen LogP contribution in [0.15, 0.2) is 59.5 Å². The maximum atomic E-state index is 12.1. The van der Waals surface area contributed by atoms with Crippen molar-refractivity contribution < 1.29 is 17.9 Å². The zero-order chi connectivity index (χ0) is 18.8. The minimum atomic E-state index is -3.31. The highest BCUT2D eigenvalue weighted by Crippen LogP contribution is 2.12. The Morgan fingerprint density at radius 3 is 2.46 bits per heavy atom. The molecule has 0 radical (unpaired) electrons. The van der Waals surface area contributed by atoms with Gasteiger partial charge in [-0.25, -0.2) is 13.2 Å². The average Bonchev–Trinajstić information content (AvgIpc) is 2.63. The van der Waals surface area contributed by atoms with Crippen LogP contribution < -0.4 is 15.4 Å². The number of aryl methyl sites for hydroxylation is 1. The van der Waals surface area contributed by atoms with Crippen LogP contribution in [0.3, 0.4) is 0 Å². The molecule has 2 aromatic carbocycles. The molecule has 0 heterocycles. The first-order valence-electron chi connectivity index (χ1n) is 8.46. The molecule has 0 saturated heterocycles. The highest BCUT2D eigenvalue weighted by molar-refractivity contribution is 7.91. The van der Waals surface area contributed by atoms with Crippen molar-refractivity contribution in [1.82, 2.24) is 10.6 Å². The fourth-order valence-corrected chi connectivity index (χ4v) is 3.64. The lowest BCUT2D eigenvalue weighted by atomic mass is 10.2. The SMILES string of the molecule is Cc1cccc(OCCNC(=O)NCCCS(=O)(=O)c2ccccc2)c1. The zero-order valence-electron chi connectivity index (χ0n) is 14.8. The van der Waals surface area contributed by atoms with Crippen LogP contribution in [0.1, 0.15) is 12.0 Å². The van der Waals surface area contributed by atoms with Gasteiger partial charge in [0.1, 0.15) is 12.4 Å². The third-order valence-corrected chi connectivity index (χ3v) is 5.44. The quantitative estimate of drug-likeness (QED) is 0.659. The van der Waals surface area contributed by atoms with Gasteiger partial charge in [0.15, 0.2) is 9.84 Å². The molecule has 2 amide bonds. The molecule has 0 aliphatic rings. The summed E-state index contributed by atoms with van der Waals surface area (Å²) in [6.45, 7) is 2.99. The summed E-state index contributed by atoms with van der Waals surface area (Å²) in [5.74, 6) is 0.756. The second-order valence-corrected chi connectivity index (χ2v) is 7.94. The molecule has 6 nitrogen and oxygen atoms in total. The first-order valence-corrected chi connectivity index (χ1v) is 10.1. The lowest BCUT2D eigenvalue weighted by molar-refractivity contribution is 0.236. The molecule has 2 N–H and O–H groups in total. The van der Waals surface area contributed by atoms with Crippen LogP contribution >= 0.6 is 0 Å². The number of hydrogen-bond donors (Lipinski definition) is 2. The number of urea groups is 1. The Bertz CT molecular complexity index is 807. The second kappa shape index (κ2) is 9.82. The van der Waals surface area contributed by atoms with Gasteiger partial charge in [0.2, 0.25) is 0 Å². The minimum Gasteiger partial charge on any atom is -0.492 e. The molecule has 140 valence electrons. The van der Waals surface area contributed by atoms with Crippen molar-refractivity contribution in [1.29, 1.82) is 0 Å². The fraction of sp³-hybridized carbons (Fsp3) is 0.316. The van der Waals surface area contributed by atoms with Gasteiger partial charge in [-0.2, -0.15) is 0 Å². The summed E-state index contributed by atoms with van der Waals surface area (Å²) in [6.07, 6.45) is 0.352. The van der Waals surface area contributed by atoms with Crippen molar-refractivity contribution in [3.8, 4) is 5.75 Å². The molecule has 0 aromatic heterocycles. The maximum absolute atomic E-state index is 12.1. The zero-order valence-corrected chi connectivity index (χ0v) is 15.6. The van der Waals surface area contributed by atoms with Crippen LogP contribution in [0, 0.1) is 6.92 Å². The van der Waals surface area contributed by atoms with Crippen LogP contribution in [0.25, 0.3) is 0 Å². The number of carbonyl (C=O) groups is 1. The maximum Gasteiger partial charge on any atom is 0.314 e. The van der Waals surface area contributed by atoms with Crippen LogP contribution in [0.2, 0.25) is 0 Å². The molecule has 2 aromatic rings. The second-order valence-electron chi connectivity index (χ2n) is 5.83. The number of ether oxygens (including phenoxy) is 1. The van der Waals surface area contributed by atoms with E-state index >= 15 is 0 Å². The van der Waals surface area contributed by atoms with E-state index in [4.69, 9.17) is 4.74 Å². The Morgan fingerprint density at radius 2 is 1.73 bits per heavy atom. The number of sulfone groups is 1. The lowest BCUT2D eigenvalue weighted by Crippen LogP contribution is -2.38. The molecule has 0 fully saturated rings. The van der Waals surface area contributed by atoms with Crippen LogP contribution in [-0.2, 0) is 9.84 Å². The number of amides is 2. The van der Waals surface area contributed by atoms with Gasteiger partial charge >= 0.3 is 6.03 Å². The molecule has 0 atom stereocenters. The van der Waals surface area contributed by atoms with Gasteiger partial charge in [-0.1, -0.05) is 30.3 Å². The first kappa shape index (κ1) is 19.8. The standard InChI is InChI=1S/C19H24N2O4S/c1-16-7-5-8-17(15-16)25-13-12-21-19(22)20-11-6-14-26(23,24)18-9-3-2-4-10-18/h2-5,7-10,15H,6,11-14H2,1H3,(H2,20,21,22). The summed E-state index contributed by atoms with van der Waals surface area (Å²) in [7, 11) is -3.31. The molecule has 0 aliphatic heterocycles. The predicted molar refractivity (Wildman–Crippen MR) is 101 cm³/mol. The summed E-state index contributed by atoms with van der Waals surface area (Å²) >= 11 is 0. The molecule has 0 spiro atoms. The largest absolute Gasteiger partial charge is 0.492 e. The summed E-state index contributed by atoms with van der Waals surface area (Å²) < 4.78 is 29.7. The third-order valence-electron chi connectivity index (χ3n) is 3.62. The molecular weight excluding hydrogens is 352 g/mol. The van der Waals surface area contributed by atoms with Crippen LogP contribution in [0.5, 0.6) is 5.75 Å². The van der Waals surface area contributed by atoms with Gasteiger partial charge in [0.05, 0.1) is 17.2 Å². The van der Waals surface area contributed by atoms with Gasteiger partial charge in [-0.15, -0.1) is 0 Å². The third kappa shape index (κ3) is 6.76. The van der Waals surface area contributed by atoms with E-state index in [1.54, 1.807) is 30.3 Å². The molecule has 0 unspecified atom stereocenters. The number of rotatable bonds is 9. The Kier molecular flexibility index (Phi) is 7.47. The summed E-state index contributed by atoms with van der Waals surface area (Å²) in [5.41, 5.74) is 1.11. The van der Waals surface area contributed by atoms with E-state index < -0.39 is 9.84 Å². The predicted octanol–water partition coefficient (Wildman–Crippen LogP) is 2.54. The number of carbonyl (C=O) groups excluding carboxylic acids is 1. The van der Waals surface area contributed by atoms with E-state index in [0.29, 0.717) is 24.5 Å². The molecular formula is C19H24N2O4S. The Labute approximate surface area is 154 Å². The van der Waals surface area contributed by atoms with Crippen molar-refractivity contribution in [2.75, 3.05) is 25.4 Å². The van der Waals surface area contributed by atoms with E-state index in [-0.39, 0.29) is 18.3 Å². The Morgan fingerprint density at radius 1 is 1.00 bits per heavy atom. The minimum absolute atomic E-state index is 0.00619. The van der Waals surface area contributed by atoms with Gasteiger partial charge < -0.3 is 15.4 Å². The highest BCUT2D eigenvalue weighted by Gasteiger charge is 2.13. The van der Waals surface area contributed by atoms with E-state index in [1.165, 1.54) is 0 Å². The highest BCUT2D eigenvalue weighted by atomic mass is 32.2. The van der Waals surface area contributed by atoms with Crippen molar-refractivity contribution in [2.24, 2.45) is 0 Å². The van der Waals surface area contributed by atoms with Crippen molar-refractivity contribution in [2.45, 2.75) is 18.2 Å². The molecule has 26 heavy (non-hydrogen) atoms. The fourth-order valence-electron chi connectivity index (χ4n) is 2.31. The monoisotopic (exact) mass is 376 g/mol. The Balaban J connectivity index is 1.59. The number of benzene rings is 2. The van der Waals surface area contributed by atoms with Crippen molar-refractivity contribution >= 4 is 15.9 Å². The van der Waals surface area contributed by atoms with E-state index in [2.05, 4.69) is 10.6 Å². The van der Waals surface area contributed by atoms with E-state index in [9.17, 15) is 13.2 Å². The van der Waals surface area contributed by atoms with Crippen molar-refractivity contribution in [3.05, 3.63) is 60.2 Å². The molecule has 2 rings (SSSR count). The normalized spacial score (nSPS) is 11.0. The molecule has 0 bridgehead atoms. The van der Waals surface area contributed by atoms with E-state index in [1.807, 2.05) is 31.2 Å². The average molecular weight is 376 g/mol. The topological polar surface area (TPSA) is 84.5 Å². The van der Waals surface area contributed by atoms with E-state index in [0.717, 1.165) is 11.3 Å².